The van der Waals surface area contributed by atoms with Gasteiger partial charge in [0.05, 0.1) is 34.8 Å². The molecule has 2 heterocycles. The Balaban J connectivity index is 2.06. The maximum atomic E-state index is 12.6. The number of carboxylic acids is 1. The van der Waals surface area contributed by atoms with E-state index in [0.29, 0.717) is 33.8 Å². The first-order valence-corrected chi connectivity index (χ1v) is 10.0. The summed E-state index contributed by atoms with van der Waals surface area (Å²) in [6.45, 7) is 2.10. The van der Waals surface area contributed by atoms with Crippen molar-refractivity contribution in [2.24, 2.45) is 0 Å². The van der Waals surface area contributed by atoms with Crippen LogP contribution in [0.5, 0.6) is 5.75 Å². The first-order valence-electron chi connectivity index (χ1n) is 8.00. The van der Waals surface area contributed by atoms with Crippen molar-refractivity contribution in [3.05, 3.63) is 45.4 Å². The SMILES string of the molecule is COc1cc2c(CC(=O)O)c(C)n(Cc3ccc(SC(F)(F)F)s3)c2cc1Cl. The average molecular weight is 450 g/mol. The molecule has 0 fully saturated rings. The van der Waals surface area contributed by atoms with Gasteiger partial charge in [-0.2, -0.15) is 13.2 Å². The molecule has 3 rings (SSSR count). The molecule has 4 nitrogen and oxygen atoms in total. The van der Waals surface area contributed by atoms with Crippen molar-refractivity contribution in [3.63, 3.8) is 0 Å². The summed E-state index contributed by atoms with van der Waals surface area (Å²) in [7, 11) is 1.47. The van der Waals surface area contributed by atoms with Gasteiger partial charge in [-0.25, -0.2) is 0 Å². The number of fused-ring (bicyclic) bond motifs is 1. The van der Waals surface area contributed by atoms with E-state index in [2.05, 4.69) is 0 Å². The molecular formula is C18H15ClF3NO3S2. The summed E-state index contributed by atoms with van der Waals surface area (Å²) in [5.41, 5.74) is -2.28. The van der Waals surface area contributed by atoms with Crippen LogP contribution in [-0.4, -0.2) is 28.3 Å². The van der Waals surface area contributed by atoms with Gasteiger partial charge in [-0.15, -0.1) is 11.3 Å². The van der Waals surface area contributed by atoms with Crippen molar-refractivity contribution in [2.75, 3.05) is 7.11 Å². The van der Waals surface area contributed by atoms with Gasteiger partial charge in [-0.3, -0.25) is 4.79 Å². The van der Waals surface area contributed by atoms with Crippen LogP contribution in [0.15, 0.2) is 28.5 Å². The summed E-state index contributed by atoms with van der Waals surface area (Å²) < 4.78 is 45.0. The van der Waals surface area contributed by atoms with Gasteiger partial charge in [0.25, 0.3) is 0 Å². The average Bonchev–Trinajstić information content (AvgIpc) is 3.10. The standard InChI is InChI=1S/C18H15ClF3NO3S2/c1-9-11(6-16(24)25)12-5-15(26-2)13(19)7-14(12)23(9)8-10-3-4-17(27-10)28-18(20,21)22/h3-5,7H,6,8H2,1-2H3,(H,24,25). The number of benzene rings is 1. The van der Waals surface area contributed by atoms with E-state index in [1.54, 1.807) is 25.1 Å². The lowest BCUT2D eigenvalue weighted by molar-refractivity contribution is -0.136. The molecule has 0 unspecified atom stereocenters. The van der Waals surface area contributed by atoms with Gasteiger partial charge >= 0.3 is 11.5 Å². The number of thiophene rings is 1. The van der Waals surface area contributed by atoms with Crippen molar-refractivity contribution >= 4 is 51.6 Å². The van der Waals surface area contributed by atoms with Crippen molar-refractivity contribution < 1.29 is 27.8 Å². The molecule has 150 valence electrons. The number of hydrogen-bond acceptors (Lipinski definition) is 4. The van der Waals surface area contributed by atoms with Crippen LogP contribution in [0.25, 0.3) is 10.9 Å². The quantitative estimate of drug-likeness (QED) is 0.472. The smallest absolute Gasteiger partial charge is 0.447 e. The number of methoxy groups -OCH3 is 1. The number of ether oxygens (including phenoxy) is 1. The highest BCUT2D eigenvalue weighted by molar-refractivity contribution is 8.01. The zero-order valence-electron chi connectivity index (χ0n) is 14.8. The molecule has 3 aromatic rings. The minimum atomic E-state index is -4.34. The maximum Gasteiger partial charge on any atom is 0.447 e. The molecule has 0 amide bonds. The van der Waals surface area contributed by atoms with Crippen LogP contribution >= 0.6 is 34.7 Å². The fraction of sp³-hybridized carbons (Fsp3) is 0.278. The van der Waals surface area contributed by atoms with Crippen molar-refractivity contribution in [3.8, 4) is 5.75 Å². The lowest BCUT2D eigenvalue weighted by Gasteiger charge is -2.08. The van der Waals surface area contributed by atoms with Crippen LogP contribution < -0.4 is 4.74 Å². The molecule has 0 aliphatic rings. The van der Waals surface area contributed by atoms with E-state index in [4.69, 9.17) is 16.3 Å². The maximum absolute atomic E-state index is 12.6. The summed E-state index contributed by atoms with van der Waals surface area (Å²) in [5.74, 6) is -0.547. The van der Waals surface area contributed by atoms with Crippen molar-refractivity contribution in [1.82, 2.24) is 4.57 Å². The van der Waals surface area contributed by atoms with Gasteiger partial charge in [0, 0.05) is 16.0 Å². The summed E-state index contributed by atoms with van der Waals surface area (Å²) in [6.07, 6.45) is -0.181. The zero-order valence-corrected chi connectivity index (χ0v) is 17.2. The third-order valence-electron chi connectivity index (χ3n) is 4.22. The highest BCUT2D eigenvalue weighted by Crippen LogP contribution is 2.41. The first kappa shape index (κ1) is 20.9. The zero-order chi connectivity index (χ0) is 20.6. The molecule has 0 saturated heterocycles. The summed E-state index contributed by atoms with van der Waals surface area (Å²) in [6, 6.07) is 6.46. The number of carboxylic acid groups (broad SMARTS) is 1. The van der Waals surface area contributed by atoms with E-state index < -0.39 is 11.5 Å². The Morgan fingerprint density at radius 1 is 1.36 bits per heavy atom. The van der Waals surface area contributed by atoms with E-state index in [0.717, 1.165) is 21.9 Å². The molecule has 28 heavy (non-hydrogen) atoms. The van der Waals surface area contributed by atoms with Crippen LogP contribution in [0.2, 0.25) is 5.02 Å². The second-order valence-electron chi connectivity index (χ2n) is 5.99. The molecule has 10 heteroatoms. The number of alkyl halides is 3. The number of carbonyl (C=O) groups is 1. The molecular weight excluding hydrogens is 435 g/mol. The van der Waals surface area contributed by atoms with Gasteiger partial charge in [0.2, 0.25) is 0 Å². The van der Waals surface area contributed by atoms with E-state index in [1.165, 1.54) is 13.2 Å². The molecule has 0 saturated carbocycles. The predicted molar refractivity (Wildman–Crippen MR) is 105 cm³/mol. The number of rotatable bonds is 6. The minimum absolute atomic E-state index is 0.145. The second-order valence-corrected chi connectivity index (χ2v) is 8.93. The van der Waals surface area contributed by atoms with E-state index >= 15 is 0 Å². The Hall–Kier alpha value is -1.84. The largest absolute Gasteiger partial charge is 0.495 e. The molecule has 0 bridgehead atoms. The topological polar surface area (TPSA) is 51.5 Å². The van der Waals surface area contributed by atoms with Gasteiger partial charge in [0.1, 0.15) is 5.75 Å². The van der Waals surface area contributed by atoms with Crippen LogP contribution in [0, 0.1) is 6.92 Å². The fourth-order valence-corrected chi connectivity index (χ4v) is 5.14. The Bertz CT molecular complexity index is 1040. The van der Waals surface area contributed by atoms with Gasteiger partial charge < -0.3 is 14.4 Å². The van der Waals surface area contributed by atoms with E-state index in [-0.39, 0.29) is 22.4 Å². The van der Waals surface area contributed by atoms with Crippen LogP contribution in [-0.2, 0) is 17.8 Å². The fourth-order valence-electron chi connectivity index (χ4n) is 3.05. The van der Waals surface area contributed by atoms with Crippen molar-refractivity contribution in [1.29, 1.82) is 0 Å². The Morgan fingerprint density at radius 2 is 2.07 bits per heavy atom. The first-order chi connectivity index (χ1) is 13.1. The number of halogens is 4. The van der Waals surface area contributed by atoms with Crippen LogP contribution in [0.1, 0.15) is 16.1 Å². The number of hydrogen-bond donors (Lipinski definition) is 1. The van der Waals surface area contributed by atoms with Gasteiger partial charge in [0.15, 0.2) is 0 Å². The highest BCUT2D eigenvalue weighted by atomic mass is 35.5. The normalized spacial score (nSPS) is 11.9. The molecule has 0 spiro atoms. The lowest BCUT2D eigenvalue weighted by atomic mass is 10.1. The molecule has 2 aromatic heterocycles. The second kappa shape index (κ2) is 7.88. The van der Waals surface area contributed by atoms with Crippen molar-refractivity contribution in [2.45, 2.75) is 29.6 Å². The molecule has 1 aromatic carbocycles. The van der Waals surface area contributed by atoms with Crippen LogP contribution in [0.3, 0.4) is 0 Å². The van der Waals surface area contributed by atoms with Crippen LogP contribution in [0.4, 0.5) is 13.2 Å². The Kier molecular flexibility index (Phi) is 5.88. The van der Waals surface area contributed by atoms with E-state index in [1.807, 2.05) is 4.57 Å². The minimum Gasteiger partial charge on any atom is -0.495 e. The molecule has 0 aliphatic carbocycles. The van der Waals surface area contributed by atoms with Gasteiger partial charge in [-0.1, -0.05) is 11.6 Å². The van der Waals surface area contributed by atoms with E-state index in [9.17, 15) is 23.1 Å². The number of aliphatic carboxylic acids is 1. The third-order valence-corrected chi connectivity index (χ3v) is 6.45. The molecule has 0 atom stereocenters. The third kappa shape index (κ3) is 4.42. The highest BCUT2D eigenvalue weighted by Gasteiger charge is 2.30. The molecule has 0 aliphatic heterocycles. The monoisotopic (exact) mass is 449 g/mol. The number of aromatic nitrogens is 1. The summed E-state index contributed by atoms with van der Waals surface area (Å²) >= 11 is 7.15. The lowest BCUT2D eigenvalue weighted by Crippen LogP contribution is -2.04. The summed E-state index contributed by atoms with van der Waals surface area (Å²) in [4.78, 5) is 12.0. The number of nitrogens with zero attached hydrogens (tertiary/aromatic N) is 1. The summed E-state index contributed by atoms with van der Waals surface area (Å²) in [5, 5.41) is 10.3. The Morgan fingerprint density at radius 3 is 2.68 bits per heavy atom. The van der Waals surface area contributed by atoms with Gasteiger partial charge in [-0.05, 0) is 48.5 Å². The molecule has 1 N–H and O–H groups in total. The number of thioether (sulfide) groups is 1. The molecule has 0 radical (unpaired) electrons. The predicted octanol–water partition coefficient (Wildman–Crippen LogP) is 5.96. The Labute approximate surface area is 171 Å².